The zero-order chi connectivity index (χ0) is 28.7. The van der Waals surface area contributed by atoms with E-state index in [1.807, 2.05) is 6.92 Å². The quantitative estimate of drug-likeness (QED) is 0.122. The monoisotopic (exact) mass is 534 g/mol. The van der Waals surface area contributed by atoms with Gasteiger partial charge in [-0.3, -0.25) is 19.2 Å². The molecule has 1 aromatic carbocycles. The largest absolute Gasteiger partial charge is 0.480 e. The highest BCUT2D eigenvalue weighted by atomic mass is 16.4. The van der Waals surface area contributed by atoms with E-state index < -0.39 is 53.8 Å². The fourth-order valence-corrected chi connectivity index (χ4v) is 3.74. The molecule has 12 nitrogen and oxygen atoms in total. The van der Waals surface area contributed by atoms with Crippen LogP contribution in [-0.2, 0) is 30.4 Å². The van der Waals surface area contributed by atoms with Gasteiger partial charge >= 0.3 is 5.97 Å². The van der Waals surface area contributed by atoms with Crippen LogP contribution in [0.1, 0.15) is 57.9 Å². The fraction of sp³-hybridized carbons (Fsp3) is 0.577. The molecule has 0 saturated heterocycles. The molecule has 1 rings (SSSR count). The Labute approximate surface area is 223 Å². The van der Waals surface area contributed by atoms with Crippen molar-refractivity contribution in [2.45, 2.75) is 83.0 Å². The van der Waals surface area contributed by atoms with Crippen LogP contribution >= 0.6 is 0 Å². The number of hydrogen-bond donors (Lipinski definition) is 7. The van der Waals surface area contributed by atoms with E-state index in [1.54, 1.807) is 37.3 Å². The number of amides is 4. The Balaban J connectivity index is 3.01. The fourth-order valence-electron chi connectivity index (χ4n) is 3.74. The number of carboxylic acids is 1. The van der Waals surface area contributed by atoms with Crippen molar-refractivity contribution in [2.75, 3.05) is 6.54 Å². The Hall–Kier alpha value is -3.51. The van der Waals surface area contributed by atoms with E-state index in [-0.39, 0.29) is 25.2 Å². The third kappa shape index (κ3) is 11.7. The van der Waals surface area contributed by atoms with Gasteiger partial charge in [0.25, 0.3) is 0 Å². The minimum Gasteiger partial charge on any atom is -0.480 e. The molecule has 5 unspecified atom stereocenters. The number of carboxylic acid groups (broad SMARTS) is 1. The first-order chi connectivity index (χ1) is 18.0. The summed E-state index contributed by atoms with van der Waals surface area (Å²) >= 11 is 0. The van der Waals surface area contributed by atoms with Gasteiger partial charge in [0.2, 0.25) is 23.6 Å². The Morgan fingerprint density at radius 3 is 2.08 bits per heavy atom. The zero-order valence-electron chi connectivity index (χ0n) is 22.2. The van der Waals surface area contributed by atoms with Gasteiger partial charge in [-0.05, 0) is 37.3 Å². The number of carbonyl (C=O) groups excluding carboxylic acids is 4. The SMILES string of the molecule is CCC(C)C(NC(=O)C(CCC(N)=O)NC(=O)C(N)CCCCN)C(=O)NC(Cc1ccccc1)C(=O)O. The van der Waals surface area contributed by atoms with Crippen molar-refractivity contribution in [3.63, 3.8) is 0 Å². The van der Waals surface area contributed by atoms with Gasteiger partial charge in [-0.15, -0.1) is 0 Å². The molecule has 0 spiro atoms. The second-order valence-electron chi connectivity index (χ2n) is 9.42. The molecule has 0 saturated carbocycles. The summed E-state index contributed by atoms with van der Waals surface area (Å²) in [6.07, 6.45) is 1.97. The van der Waals surface area contributed by atoms with Crippen LogP contribution < -0.4 is 33.2 Å². The van der Waals surface area contributed by atoms with Gasteiger partial charge < -0.3 is 38.3 Å². The van der Waals surface area contributed by atoms with Gasteiger partial charge in [-0.1, -0.05) is 57.0 Å². The maximum absolute atomic E-state index is 13.2. The molecule has 10 N–H and O–H groups in total. The van der Waals surface area contributed by atoms with E-state index in [4.69, 9.17) is 17.2 Å². The smallest absolute Gasteiger partial charge is 0.326 e. The number of primary amides is 1. The summed E-state index contributed by atoms with van der Waals surface area (Å²) in [6, 6.07) is 4.48. The van der Waals surface area contributed by atoms with Gasteiger partial charge in [-0.2, -0.15) is 0 Å². The van der Waals surface area contributed by atoms with E-state index in [2.05, 4.69) is 16.0 Å². The van der Waals surface area contributed by atoms with Crippen LogP contribution in [0.3, 0.4) is 0 Å². The third-order valence-electron chi connectivity index (χ3n) is 6.31. The van der Waals surface area contributed by atoms with E-state index in [1.165, 1.54) is 0 Å². The zero-order valence-corrected chi connectivity index (χ0v) is 22.2. The first-order valence-corrected chi connectivity index (χ1v) is 12.9. The van der Waals surface area contributed by atoms with Crippen LogP contribution in [-0.4, -0.2) is 65.4 Å². The number of nitrogens with one attached hydrogen (secondary N) is 3. The van der Waals surface area contributed by atoms with Crippen LogP contribution in [0.25, 0.3) is 0 Å². The summed E-state index contributed by atoms with van der Waals surface area (Å²) < 4.78 is 0. The molecule has 0 aliphatic rings. The van der Waals surface area contributed by atoms with Crippen molar-refractivity contribution in [3.05, 3.63) is 35.9 Å². The molecule has 38 heavy (non-hydrogen) atoms. The number of rotatable bonds is 18. The molecular formula is C26H42N6O6. The second-order valence-corrected chi connectivity index (χ2v) is 9.42. The molecule has 212 valence electrons. The second kappa shape index (κ2) is 17.1. The van der Waals surface area contributed by atoms with Crippen LogP contribution in [0, 0.1) is 5.92 Å². The van der Waals surface area contributed by atoms with Crippen molar-refractivity contribution in [1.82, 2.24) is 16.0 Å². The highest BCUT2D eigenvalue weighted by molar-refractivity contribution is 5.94. The van der Waals surface area contributed by atoms with Crippen molar-refractivity contribution >= 4 is 29.6 Å². The van der Waals surface area contributed by atoms with Crippen LogP contribution in [0.15, 0.2) is 30.3 Å². The molecule has 0 aliphatic heterocycles. The molecule has 0 aliphatic carbocycles. The van der Waals surface area contributed by atoms with Crippen molar-refractivity contribution in [1.29, 1.82) is 0 Å². The number of benzene rings is 1. The molecule has 0 heterocycles. The van der Waals surface area contributed by atoms with Crippen molar-refractivity contribution in [3.8, 4) is 0 Å². The molecule has 0 fully saturated rings. The predicted octanol–water partition coefficient (Wildman–Crippen LogP) is -0.464. The molecule has 5 atom stereocenters. The molecule has 0 bridgehead atoms. The van der Waals surface area contributed by atoms with E-state index in [9.17, 15) is 29.1 Å². The lowest BCUT2D eigenvalue weighted by Crippen LogP contribution is -2.59. The summed E-state index contributed by atoms with van der Waals surface area (Å²) in [4.78, 5) is 62.2. The maximum atomic E-state index is 13.2. The Bertz CT molecular complexity index is 928. The molecule has 12 heteroatoms. The lowest BCUT2D eigenvalue weighted by atomic mass is 9.96. The molecular weight excluding hydrogens is 492 g/mol. The van der Waals surface area contributed by atoms with Gasteiger partial charge in [-0.25, -0.2) is 4.79 Å². The first kappa shape index (κ1) is 32.5. The molecule has 0 radical (unpaired) electrons. The van der Waals surface area contributed by atoms with Crippen molar-refractivity contribution < 1.29 is 29.1 Å². The van der Waals surface area contributed by atoms with E-state index in [0.717, 1.165) is 5.56 Å². The number of carbonyl (C=O) groups is 5. The van der Waals surface area contributed by atoms with E-state index >= 15 is 0 Å². The summed E-state index contributed by atoms with van der Waals surface area (Å²) in [7, 11) is 0. The number of aliphatic carboxylic acids is 1. The lowest BCUT2D eigenvalue weighted by Gasteiger charge is -2.28. The molecule has 0 aromatic heterocycles. The number of nitrogens with two attached hydrogens (primary N) is 3. The summed E-state index contributed by atoms with van der Waals surface area (Å²) in [5, 5.41) is 17.4. The molecule has 4 amide bonds. The van der Waals surface area contributed by atoms with E-state index in [0.29, 0.717) is 32.2 Å². The number of unbranched alkanes of at least 4 members (excludes halogenated alkanes) is 1. The third-order valence-corrected chi connectivity index (χ3v) is 6.31. The minimum absolute atomic E-state index is 0.0580. The average molecular weight is 535 g/mol. The Kier molecular flexibility index (Phi) is 14.6. The minimum atomic E-state index is -1.22. The van der Waals surface area contributed by atoms with Crippen LogP contribution in [0.2, 0.25) is 0 Å². The predicted molar refractivity (Wildman–Crippen MR) is 142 cm³/mol. The standard InChI is InChI=1S/C26H42N6O6/c1-3-16(2)22(25(36)31-20(26(37)38)15-17-9-5-4-6-10-17)32-24(35)19(12-13-21(29)33)30-23(34)18(28)11-7-8-14-27/h4-6,9-10,16,18-20,22H,3,7-8,11-15,27-28H2,1-2H3,(H2,29,33)(H,30,34)(H,31,36)(H,32,35)(H,37,38). The molecule has 1 aromatic rings. The van der Waals surface area contributed by atoms with Gasteiger partial charge in [0.05, 0.1) is 6.04 Å². The summed E-state index contributed by atoms with van der Waals surface area (Å²) in [5.41, 5.74) is 17.4. The summed E-state index contributed by atoms with van der Waals surface area (Å²) in [5.74, 6) is -4.20. The van der Waals surface area contributed by atoms with Crippen molar-refractivity contribution in [2.24, 2.45) is 23.1 Å². The van der Waals surface area contributed by atoms with Gasteiger partial charge in [0, 0.05) is 12.8 Å². The number of hydrogen-bond acceptors (Lipinski definition) is 7. The Morgan fingerprint density at radius 2 is 1.53 bits per heavy atom. The first-order valence-electron chi connectivity index (χ1n) is 12.9. The van der Waals surface area contributed by atoms with Crippen LogP contribution in [0.5, 0.6) is 0 Å². The Morgan fingerprint density at radius 1 is 0.895 bits per heavy atom. The van der Waals surface area contributed by atoms with Gasteiger partial charge in [0.15, 0.2) is 0 Å². The topological polar surface area (TPSA) is 220 Å². The van der Waals surface area contributed by atoms with Gasteiger partial charge in [0.1, 0.15) is 18.1 Å². The highest BCUT2D eigenvalue weighted by Crippen LogP contribution is 2.11. The lowest BCUT2D eigenvalue weighted by molar-refractivity contribution is -0.142. The average Bonchev–Trinajstić information content (AvgIpc) is 2.88. The maximum Gasteiger partial charge on any atom is 0.326 e. The van der Waals surface area contributed by atoms with Crippen LogP contribution in [0.4, 0.5) is 0 Å². The highest BCUT2D eigenvalue weighted by Gasteiger charge is 2.33. The normalized spacial score (nSPS) is 14.8. The summed E-state index contributed by atoms with van der Waals surface area (Å²) in [6.45, 7) is 4.02.